The zero-order chi connectivity index (χ0) is 3.58. The van der Waals surface area contributed by atoms with Crippen LogP contribution in [0.15, 0.2) is 0 Å². The second-order valence-electron chi connectivity index (χ2n) is 0.266. The largest absolute Gasteiger partial charge is 1.00 e. The standard InChI is InChI=1S/CH2O3.K.Os/c2-1(3)4;;/h(H2,2,3,4);;/q;+1;/p-1. The van der Waals surface area contributed by atoms with E-state index in [9.17, 15) is 0 Å². The Kier molecular flexibility index (Phi) is 25.4. The van der Waals surface area contributed by atoms with E-state index in [1.54, 1.807) is 0 Å². The van der Waals surface area contributed by atoms with Gasteiger partial charge in [-0.05, 0) is 0 Å². The number of hydrogen-bond donors (Lipinski definition) is 1. The van der Waals surface area contributed by atoms with Crippen LogP contribution in [0, 0.1) is 0 Å². The first-order valence-corrected chi connectivity index (χ1v) is 0.632. The average Bonchev–Trinajstić information content (AvgIpc) is 0.811. The van der Waals surface area contributed by atoms with Crippen molar-refractivity contribution in [2.24, 2.45) is 0 Å². The van der Waals surface area contributed by atoms with Crippen molar-refractivity contribution < 1.29 is 86.2 Å². The van der Waals surface area contributed by atoms with Gasteiger partial charge in [0.2, 0.25) is 6.16 Å². The molecule has 3 nitrogen and oxygen atoms in total. The van der Waals surface area contributed by atoms with Crippen LogP contribution in [0.3, 0.4) is 0 Å². The summed E-state index contributed by atoms with van der Waals surface area (Å²) >= 11 is 0. The third-order valence-electron chi connectivity index (χ3n) is 0. The van der Waals surface area contributed by atoms with Gasteiger partial charge in [-0.3, -0.25) is 0 Å². The molecule has 5 heteroatoms. The third kappa shape index (κ3) is 48.1. The Hall–Kier alpha value is 1.54. The number of rotatable bonds is 0. The van der Waals surface area contributed by atoms with Gasteiger partial charge in [-0.25, -0.2) is 0 Å². The van der Waals surface area contributed by atoms with Crippen LogP contribution in [0.4, 0.5) is 4.79 Å². The van der Waals surface area contributed by atoms with E-state index in [1.165, 1.54) is 0 Å². The molecule has 0 spiro atoms. The summed E-state index contributed by atoms with van der Waals surface area (Å²) in [5.41, 5.74) is 0. The van der Waals surface area contributed by atoms with Gasteiger partial charge in [0.1, 0.15) is 0 Å². The second kappa shape index (κ2) is 9.74. The van der Waals surface area contributed by atoms with Gasteiger partial charge in [-0.1, -0.05) is 0 Å². The fourth-order valence-corrected chi connectivity index (χ4v) is 0. The van der Waals surface area contributed by atoms with E-state index >= 15 is 0 Å². The van der Waals surface area contributed by atoms with Crippen LogP contribution in [0.1, 0.15) is 0 Å². The van der Waals surface area contributed by atoms with Crippen LogP contribution in [0.25, 0.3) is 0 Å². The Labute approximate surface area is 90.6 Å². The van der Waals surface area contributed by atoms with E-state index < -0.39 is 6.16 Å². The Morgan fingerprint density at radius 2 is 1.67 bits per heavy atom. The Morgan fingerprint density at radius 3 is 1.67 bits per heavy atom. The fourth-order valence-electron chi connectivity index (χ4n) is 0. The van der Waals surface area contributed by atoms with Crippen molar-refractivity contribution in [1.29, 1.82) is 0 Å². The molecule has 0 bridgehead atoms. The molecule has 0 aromatic carbocycles. The van der Waals surface area contributed by atoms with Crippen LogP contribution in [-0.4, -0.2) is 11.3 Å². The van der Waals surface area contributed by atoms with Gasteiger partial charge >= 0.3 is 51.4 Å². The molecule has 0 unspecified atom stereocenters. The molecule has 0 rings (SSSR count). The first-order valence-electron chi connectivity index (χ1n) is 0.632. The molecular formula is CHKO3Os. The minimum Gasteiger partial charge on any atom is -0.565 e. The van der Waals surface area contributed by atoms with E-state index in [4.69, 9.17) is 15.0 Å². The van der Waals surface area contributed by atoms with Gasteiger partial charge in [0, 0.05) is 19.8 Å². The molecule has 0 heterocycles. The van der Waals surface area contributed by atoms with Gasteiger partial charge in [-0.2, -0.15) is 0 Å². The summed E-state index contributed by atoms with van der Waals surface area (Å²) in [6.07, 6.45) is -2.08. The van der Waals surface area contributed by atoms with Gasteiger partial charge in [-0.15, -0.1) is 0 Å². The van der Waals surface area contributed by atoms with E-state index in [0.717, 1.165) is 0 Å². The summed E-state index contributed by atoms with van der Waals surface area (Å²) in [5, 5.41) is 15.3. The molecule has 1 N–H and O–H groups in total. The molecule has 32 valence electrons. The SMILES string of the molecule is O=C([O-])O.[K+].[Os]. The van der Waals surface area contributed by atoms with Gasteiger partial charge < -0.3 is 15.0 Å². The number of carboxylic acid groups (broad SMARTS) is 2. The Balaban J connectivity index is -0.0000000450. The normalized spacial score (nSPS) is 4.00. The molecule has 0 saturated carbocycles. The topological polar surface area (TPSA) is 60.4 Å². The summed E-state index contributed by atoms with van der Waals surface area (Å²) in [6.45, 7) is 0. The molecule has 0 aromatic heterocycles. The molecule has 6 heavy (non-hydrogen) atoms. The van der Waals surface area contributed by atoms with Crippen LogP contribution in [0.5, 0.6) is 0 Å². The van der Waals surface area contributed by atoms with Crippen molar-refractivity contribution in [2.75, 3.05) is 0 Å². The smallest absolute Gasteiger partial charge is 0.565 e. The second-order valence-corrected chi connectivity index (χ2v) is 0.266. The first kappa shape index (κ1) is 15.6. The number of carbonyl (C=O) groups is 1. The van der Waals surface area contributed by atoms with Gasteiger partial charge in [0.15, 0.2) is 0 Å². The molecule has 0 amide bonds. The van der Waals surface area contributed by atoms with Crippen molar-refractivity contribution in [2.45, 2.75) is 0 Å². The van der Waals surface area contributed by atoms with E-state index in [0.29, 0.717) is 0 Å². The molecule has 0 aliphatic heterocycles. The number of hydrogen-bond acceptors (Lipinski definition) is 2. The summed E-state index contributed by atoms with van der Waals surface area (Å²) < 4.78 is 0. The maximum Gasteiger partial charge on any atom is 1.00 e. The van der Waals surface area contributed by atoms with Crippen molar-refractivity contribution in [1.82, 2.24) is 0 Å². The quantitative estimate of drug-likeness (QED) is 0.461. The average molecular weight is 290 g/mol. The molecule has 0 atom stereocenters. The molecule has 0 aliphatic carbocycles. The monoisotopic (exact) mass is 292 g/mol. The molecular weight excluding hydrogens is 289 g/mol. The summed E-state index contributed by atoms with van der Waals surface area (Å²) in [6, 6.07) is 0. The van der Waals surface area contributed by atoms with E-state index in [1.807, 2.05) is 0 Å². The molecule has 0 radical (unpaired) electrons. The van der Waals surface area contributed by atoms with E-state index in [2.05, 4.69) is 0 Å². The van der Waals surface area contributed by atoms with Crippen molar-refractivity contribution in [3.8, 4) is 0 Å². The predicted octanol–water partition coefficient (Wildman–Crippen LogP) is -4.11. The third-order valence-corrected chi connectivity index (χ3v) is 0. The van der Waals surface area contributed by atoms with Gasteiger partial charge in [0.05, 0.1) is 0 Å². The van der Waals surface area contributed by atoms with Crippen molar-refractivity contribution in [3.05, 3.63) is 0 Å². The minimum atomic E-state index is -2.08. The van der Waals surface area contributed by atoms with Crippen LogP contribution < -0.4 is 56.5 Å². The molecule has 0 saturated heterocycles. The van der Waals surface area contributed by atoms with E-state index in [-0.39, 0.29) is 71.2 Å². The van der Waals surface area contributed by atoms with Gasteiger partial charge in [0.25, 0.3) is 0 Å². The van der Waals surface area contributed by atoms with Crippen LogP contribution in [-0.2, 0) is 19.8 Å². The first-order chi connectivity index (χ1) is 1.73. The molecule has 0 aromatic rings. The van der Waals surface area contributed by atoms with Crippen LogP contribution in [0.2, 0.25) is 0 Å². The zero-order valence-electron chi connectivity index (χ0n) is 3.12. The fraction of sp³-hybridized carbons (Fsp3) is 0. The Bertz CT molecular complexity index is 33.8. The molecule has 0 fully saturated rings. The van der Waals surface area contributed by atoms with Crippen molar-refractivity contribution in [3.63, 3.8) is 0 Å². The maximum atomic E-state index is 8.44. The summed E-state index contributed by atoms with van der Waals surface area (Å²) in [5.74, 6) is 0. The molecule has 0 aliphatic rings. The predicted molar refractivity (Wildman–Crippen MR) is 8.02 cm³/mol. The maximum absolute atomic E-state index is 8.44. The minimum absolute atomic E-state index is 0. The summed E-state index contributed by atoms with van der Waals surface area (Å²) in [4.78, 5) is 8.44. The zero-order valence-corrected chi connectivity index (χ0v) is 8.78. The Morgan fingerprint density at radius 1 is 1.67 bits per heavy atom. The summed E-state index contributed by atoms with van der Waals surface area (Å²) in [7, 11) is 0. The van der Waals surface area contributed by atoms with Crippen molar-refractivity contribution >= 4 is 6.16 Å². The van der Waals surface area contributed by atoms with Crippen LogP contribution >= 0.6 is 0 Å².